The lowest BCUT2D eigenvalue weighted by atomic mass is 10.0. The van der Waals surface area contributed by atoms with Gasteiger partial charge in [0, 0.05) is 19.3 Å². The Morgan fingerprint density at radius 1 is 0.379 bits per heavy atom. The predicted molar refractivity (Wildman–Crippen MR) is 247 cm³/mol. The quantitative estimate of drug-likeness (QED) is 0.0201. The van der Waals surface area contributed by atoms with E-state index in [1.54, 1.807) is 0 Å². The van der Waals surface area contributed by atoms with Gasteiger partial charge >= 0.3 is 17.9 Å². The highest BCUT2D eigenvalue weighted by atomic mass is 16.6. The standard InChI is InChI=1S/C52H86O6/c1-4-7-10-13-16-19-22-25-26-28-30-33-36-39-42-45-51(54)57-48-49(47-56-50(53)44-41-38-35-32-29-24-21-18-15-12-9-6-3)58-52(55)46-43-40-37-34-31-27-23-20-17-14-11-8-5-2/h7,9-10,12-13,16,18-19,21-22,25-26,28,30,49H,4-6,8,11,14-15,17,20,23-24,27,29,31-48H2,1-3H3/b10-7-,12-9-,16-13-,21-18-,22-19-,26-25-,30-28-. The van der Waals surface area contributed by atoms with E-state index in [0.717, 1.165) is 103 Å². The topological polar surface area (TPSA) is 78.9 Å². The van der Waals surface area contributed by atoms with Crippen LogP contribution in [0.25, 0.3) is 0 Å². The summed E-state index contributed by atoms with van der Waals surface area (Å²) < 4.78 is 16.7. The van der Waals surface area contributed by atoms with E-state index in [-0.39, 0.29) is 31.1 Å². The van der Waals surface area contributed by atoms with Crippen molar-refractivity contribution in [3.05, 3.63) is 85.1 Å². The molecule has 0 bridgehead atoms. The van der Waals surface area contributed by atoms with Crippen molar-refractivity contribution in [2.24, 2.45) is 0 Å². The maximum absolute atomic E-state index is 12.7. The molecule has 58 heavy (non-hydrogen) atoms. The Morgan fingerprint density at radius 3 is 1.26 bits per heavy atom. The summed E-state index contributed by atoms with van der Waals surface area (Å²) in [5.41, 5.74) is 0. The molecule has 0 radical (unpaired) electrons. The van der Waals surface area contributed by atoms with Crippen LogP contribution in [0.3, 0.4) is 0 Å². The third-order valence-corrected chi connectivity index (χ3v) is 9.77. The van der Waals surface area contributed by atoms with Crippen molar-refractivity contribution < 1.29 is 28.6 Å². The zero-order valence-corrected chi connectivity index (χ0v) is 37.5. The van der Waals surface area contributed by atoms with Crippen molar-refractivity contribution in [3.8, 4) is 0 Å². The molecule has 0 heterocycles. The Kier molecular flexibility index (Phi) is 43.6. The normalized spacial score (nSPS) is 12.8. The van der Waals surface area contributed by atoms with Crippen molar-refractivity contribution in [2.45, 2.75) is 213 Å². The molecule has 0 aliphatic heterocycles. The maximum Gasteiger partial charge on any atom is 0.306 e. The first-order valence-electron chi connectivity index (χ1n) is 23.7. The van der Waals surface area contributed by atoms with Crippen LogP contribution in [0.5, 0.6) is 0 Å². The highest BCUT2D eigenvalue weighted by molar-refractivity contribution is 5.71. The molecule has 0 aromatic carbocycles. The van der Waals surface area contributed by atoms with Crippen molar-refractivity contribution in [1.82, 2.24) is 0 Å². The smallest absolute Gasteiger partial charge is 0.306 e. The molecule has 0 saturated carbocycles. The monoisotopic (exact) mass is 807 g/mol. The summed E-state index contributed by atoms with van der Waals surface area (Å²) in [6.07, 6.45) is 58.5. The van der Waals surface area contributed by atoms with E-state index < -0.39 is 6.10 Å². The summed E-state index contributed by atoms with van der Waals surface area (Å²) in [6.45, 7) is 6.32. The molecule has 0 aromatic rings. The van der Waals surface area contributed by atoms with Gasteiger partial charge in [-0.2, -0.15) is 0 Å². The first kappa shape index (κ1) is 54.6. The van der Waals surface area contributed by atoms with Gasteiger partial charge in [0.1, 0.15) is 13.2 Å². The minimum atomic E-state index is -0.796. The van der Waals surface area contributed by atoms with Crippen LogP contribution in [-0.2, 0) is 28.6 Å². The van der Waals surface area contributed by atoms with Gasteiger partial charge in [0.2, 0.25) is 0 Å². The second-order valence-electron chi connectivity index (χ2n) is 15.4. The van der Waals surface area contributed by atoms with Crippen molar-refractivity contribution >= 4 is 17.9 Å². The van der Waals surface area contributed by atoms with E-state index >= 15 is 0 Å². The number of carbonyl (C=O) groups excluding carboxylic acids is 3. The van der Waals surface area contributed by atoms with Gasteiger partial charge in [-0.15, -0.1) is 0 Å². The van der Waals surface area contributed by atoms with Crippen molar-refractivity contribution in [2.75, 3.05) is 13.2 Å². The molecular weight excluding hydrogens is 721 g/mol. The van der Waals surface area contributed by atoms with Crippen LogP contribution < -0.4 is 0 Å². The van der Waals surface area contributed by atoms with Crippen molar-refractivity contribution in [3.63, 3.8) is 0 Å². The molecule has 1 unspecified atom stereocenters. The number of allylic oxidation sites excluding steroid dienone is 14. The van der Waals surface area contributed by atoms with Crippen LogP contribution in [0.1, 0.15) is 207 Å². The maximum atomic E-state index is 12.7. The fourth-order valence-electron chi connectivity index (χ4n) is 6.26. The average Bonchev–Trinajstić information content (AvgIpc) is 3.22. The van der Waals surface area contributed by atoms with E-state index in [9.17, 15) is 14.4 Å². The molecule has 0 spiro atoms. The van der Waals surface area contributed by atoms with Crippen LogP contribution in [0.2, 0.25) is 0 Å². The van der Waals surface area contributed by atoms with Crippen LogP contribution in [0, 0.1) is 0 Å². The first-order chi connectivity index (χ1) is 28.5. The summed E-state index contributed by atoms with van der Waals surface area (Å²) in [5, 5.41) is 0. The van der Waals surface area contributed by atoms with E-state index in [1.807, 2.05) is 48.6 Å². The zero-order valence-electron chi connectivity index (χ0n) is 37.5. The van der Waals surface area contributed by atoms with Crippen LogP contribution >= 0.6 is 0 Å². The Balaban J connectivity index is 4.48. The Morgan fingerprint density at radius 2 is 0.759 bits per heavy atom. The highest BCUT2D eigenvalue weighted by Gasteiger charge is 2.19. The minimum Gasteiger partial charge on any atom is -0.462 e. The summed E-state index contributed by atoms with van der Waals surface area (Å²) >= 11 is 0. The van der Waals surface area contributed by atoms with E-state index in [1.165, 1.54) is 64.2 Å². The van der Waals surface area contributed by atoms with Gasteiger partial charge in [-0.1, -0.05) is 209 Å². The molecule has 0 aliphatic carbocycles. The summed E-state index contributed by atoms with van der Waals surface area (Å²) in [4.78, 5) is 37.8. The Hall–Kier alpha value is -3.41. The predicted octanol–water partition coefficient (Wildman–Crippen LogP) is 15.3. The third kappa shape index (κ3) is 43.7. The number of hydrogen-bond donors (Lipinski definition) is 0. The van der Waals surface area contributed by atoms with Gasteiger partial charge in [0.05, 0.1) is 0 Å². The lowest BCUT2D eigenvalue weighted by Crippen LogP contribution is -2.30. The molecule has 330 valence electrons. The molecular formula is C52H86O6. The van der Waals surface area contributed by atoms with Gasteiger partial charge in [0.25, 0.3) is 0 Å². The molecule has 0 rings (SSSR count). The Bertz CT molecular complexity index is 1160. The molecule has 0 aliphatic rings. The van der Waals surface area contributed by atoms with E-state index in [2.05, 4.69) is 57.2 Å². The van der Waals surface area contributed by atoms with Gasteiger partial charge in [-0.25, -0.2) is 0 Å². The van der Waals surface area contributed by atoms with Crippen LogP contribution in [0.4, 0.5) is 0 Å². The molecule has 0 aromatic heterocycles. The van der Waals surface area contributed by atoms with Gasteiger partial charge in [-0.05, 0) is 64.2 Å². The molecule has 1 atom stereocenters. The van der Waals surface area contributed by atoms with Gasteiger partial charge < -0.3 is 14.2 Å². The molecule has 0 amide bonds. The summed E-state index contributed by atoms with van der Waals surface area (Å²) in [7, 11) is 0. The number of carbonyl (C=O) groups is 3. The van der Waals surface area contributed by atoms with Gasteiger partial charge in [-0.3, -0.25) is 14.4 Å². The Labute approximate surface area is 356 Å². The first-order valence-corrected chi connectivity index (χ1v) is 23.7. The fourth-order valence-corrected chi connectivity index (χ4v) is 6.26. The molecule has 0 saturated heterocycles. The second kappa shape index (κ2) is 46.3. The largest absolute Gasteiger partial charge is 0.462 e. The van der Waals surface area contributed by atoms with E-state index in [0.29, 0.717) is 19.3 Å². The number of ether oxygens (including phenoxy) is 3. The highest BCUT2D eigenvalue weighted by Crippen LogP contribution is 2.14. The fraction of sp³-hybridized carbons (Fsp3) is 0.673. The lowest BCUT2D eigenvalue weighted by Gasteiger charge is -2.18. The SMILES string of the molecule is CC\C=C/C=C\C=C/C=C\C=C/CCCCCC(=O)OCC(COC(=O)CCCCCCC/C=C\C/C=C\CC)OC(=O)CCCCCCCCCCCCCCC. The number of unbranched alkanes of at least 4 members (excludes halogenated alkanes) is 20. The molecule has 0 fully saturated rings. The molecule has 0 N–H and O–H groups in total. The summed E-state index contributed by atoms with van der Waals surface area (Å²) in [6, 6.07) is 0. The average molecular weight is 807 g/mol. The van der Waals surface area contributed by atoms with Crippen LogP contribution in [-0.4, -0.2) is 37.2 Å². The zero-order chi connectivity index (χ0) is 42.3. The summed E-state index contributed by atoms with van der Waals surface area (Å²) in [5.74, 6) is -0.958. The molecule has 6 nitrogen and oxygen atoms in total. The molecule has 6 heteroatoms. The number of rotatable bonds is 41. The lowest BCUT2D eigenvalue weighted by molar-refractivity contribution is -0.167. The minimum absolute atomic E-state index is 0.0974. The van der Waals surface area contributed by atoms with Crippen molar-refractivity contribution in [1.29, 1.82) is 0 Å². The third-order valence-electron chi connectivity index (χ3n) is 9.77. The second-order valence-corrected chi connectivity index (χ2v) is 15.4. The number of hydrogen-bond acceptors (Lipinski definition) is 6. The van der Waals surface area contributed by atoms with Crippen LogP contribution in [0.15, 0.2) is 85.1 Å². The van der Waals surface area contributed by atoms with Gasteiger partial charge in [0.15, 0.2) is 6.10 Å². The van der Waals surface area contributed by atoms with E-state index in [4.69, 9.17) is 14.2 Å². The number of esters is 3.